The second-order valence-electron chi connectivity index (χ2n) is 4.22. The lowest BCUT2D eigenvalue weighted by Crippen LogP contribution is -2.47. The Bertz CT molecular complexity index is 162. The van der Waals surface area contributed by atoms with E-state index < -0.39 is 6.17 Å². The fourth-order valence-electron chi connectivity index (χ4n) is 2.46. The van der Waals surface area contributed by atoms with Gasteiger partial charge in [0.25, 0.3) is 0 Å². The summed E-state index contributed by atoms with van der Waals surface area (Å²) in [4.78, 5) is 2.36. The van der Waals surface area contributed by atoms with Crippen LogP contribution < -0.4 is 5.32 Å². The molecule has 2 fully saturated rings. The Labute approximate surface area is 91.6 Å². The van der Waals surface area contributed by atoms with E-state index in [-0.39, 0.29) is 12.4 Å². The second kappa shape index (κ2) is 5.89. The van der Waals surface area contributed by atoms with Crippen molar-refractivity contribution in [1.29, 1.82) is 0 Å². The van der Waals surface area contributed by atoms with Crippen LogP contribution >= 0.6 is 12.4 Å². The van der Waals surface area contributed by atoms with Crippen LogP contribution in [0.1, 0.15) is 25.7 Å². The number of likely N-dealkylation sites (tertiary alicyclic amines) is 1. The van der Waals surface area contributed by atoms with Gasteiger partial charge in [-0.2, -0.15) is 0 Å². The van der Waals surface area contributed by atoms with Gasteiger partial charge in [0.15, 0.2) is 0 Å². The highest BCUT2D eigenvalue weighted by atomic mass is 35.5. The minimum Gasteiger partial charge on any atom is -0.317 e. The van der Waals surface area contributed by atoms with Crippen LogP contribution in [0.3, 0.4) is 0 Å². The molecule has 2 heterocycles. The van der Waals surface area contributed by atoms with E-state index in [0.717, 1.165) is 32.5 Å². The van der Waals surface area contributed by atoms with Gasteiger partial charge in [-0.05, 0) is 45.3 Å². The number of nitrogens with zero attached hydrogens (tertiary/aromatic N) is 1. The maximum Gasteiger partial charge on any atom is 0.113 e. The average molecular weight is 223 g/mol. The van der Waals surface area contributed by atoms with Crippen LogP contribution in [0.4, 0.5) is 4.39 Å². The summed E-state index contributed by atoms with van der Waals surface area (Å²) in [5.74, 6) is 0. The van der Waals surface area contributed by atoms with Crippen LogP contribution in [0.2, 0.25) is 0 Å². The standard InChI is InChI=1S/C10H19FN2.ClH/c11-9-2-1-7-13(8-9)10-3-5-12-6-4-10;/h9-10,12H,1-8H2;1H. The number of rotatable bonds is 1. The summed E-state index contributed by atoms with van der Waals surface area (Å²) in [5.41, 5.74) is 0. The van der Waals surface area contributed by atoms with Gasteiger partial charge in [0.05, 0.1) is 0 Å². The van der Waals surface area contributed by atoms with Crippen molar-refractivity contribution in [2.24, 2.45) is 0 Å². The maximum absolute atomic E-state index is 13.1. The summed E-state index contributed by atoms with van der Waals surface area (Å²) in [7, 11) is 0. The van der Waals surface area contributed by atoms with Gasteiger partial charge in [-0.25, -0.2) is 4.39 Å². The first-order chi connectivity index (χ1) is 6.36. The van der Waals surface area contributed by atoms with Gasteiger partial charge in [-0.3, -0.25) is 4.90 Å². The predicted octanol–water partition coefficient (Wildman–Crippen LogP) is 1.59. The third-order valence-corrected chi connectivity index (χ3v) is 3.22. The summed E-state index contributed by atoms with van der Waals surface area (Å²) >= 11 is 0. The molecule has 1 unspecified atom stereocenters. The van der Waals surface area contributed by atoms with E-state index >= 15 is 0 Å². The maximum atomic E-state index is 13.1. The van der Waals surface area contributed by atoms with Gasteiger partial charge in [-0.1, -0.05) is 0 Å². The highest BCUT2D eigenvalue weighted by Gasteiger charge is 2.26. The van der Waals surface area contributed by atoms with Gasteiger partial charge >= 0.3 is 0 Å². The van der Waals surface area contributed by atoms with E-state index in [2.05, 4.69) is 10.2 Å². The number of piperidine rings is 2. The molecule has 0 aromatic rings. The van der Waals surface area contributed by atoms with E-state index in [4.69, 9.17) is 0 Å². The highest BCUT2D eigenvalue weighted by Crippen LogP contribution is 2.19. The minimum atomic E-state index is -0.566. The van der Waals surface area contributed by atoms with E-state index in [1.165, 1.54) is 12.8 Å². The number of alkyl halides is 1. The van der Waals surface area contributed by atoms with Gasteiger partial charge in [0, 0.05) is 12.6 Å². The first kappa shape index (κ1) is 12.2. The van der Waals surface area contributed by atoms with Crippen molar-refractivity contribution in [3.05, 3.63) is 0 Å². The number of nitrogens with one attached hydrogen (secondary N) is 1. The Balaban J connectivity index is 0.000000980. The van der Waals surface area contributed by atoms with Crippen LogP contribution in [0.25, 0.3) is 0 Å². The molecule has 2 nitrogen and oxygen atoms in total. The molecule has 1 N–H and O–H groups in total. The number of hydrogen-bond acceptors (Lipinski definition) is 2. The molecule has 4 heteroatoms. The van der Waals surface area contributed by atoms with E-state index in [1.54, 1.807) is 0 Å². The zero-order valence-corrected chi connectivity index (χ0v) is 9.36. The molecular weight excluding hydrogens is 203 g/mol. The molecule has 0 aromatic carbocycles. The molecule has 0 bridgehead atoms. The quantitative estimate of drug-likeness (QED) is 0.725. The van der Waals surface area contributed by atoms with Crippen molar-refractivity contribution in [3.8, 4) is 0 Å². The van der Waals surface area contributed by atoms with E-state index in [0.29, 0.717) is 12.6 Å². The Morgan fingerprint density at radius 2 is 1.86 bits per heavy atom. The molecule has 0 aromatic heterocycles. The molecule has 0 aliphatic carbocycles. The zero-order valence-electron chi connectivity index (χ0n) is 8.54. The summed E-state index contributed by atoms with van der Waals surface area (Å²) in [5, 5.41) is 3.34. The summed E-state index contributed by atoms with van der Waals surface area (Å²) < 4.78 is 13.1. The molecule has 0 spiro atoms. The van der Waals surface area contributed by atoms with Crippen molar-refractivity contribution in [3.63, 3.8) is 0 Å². The first-order valence-electron chi connectivity index (χ1n) is 5.45. The third kappa shape index (κ3) is 3.07. The monoisotopic (exact) mass is 222 g/mol. The zero-order chi connectivity index (χ0) is 9.10. The molecule has 84 valence electrons. The Morgan fingerprint density at radius 3 is 2.50 bits per heavy atom. The van der Waals surface area contributed by atoms with Gasteiger partial charge < -0.3 is 5.32 Å². The SMILES string of the molecule is Cl.FC1CCCN(C2CCNCC2)C1. The molecule has 14 heavy (non-hydrogen) atoms. The molecule has 2 aliphatic rings. The largest absolute Gasteiger partial charge is 0.317 e. The van der Waals surface area contributed by atoms with Gasteiger partial charge in [0.2, 0.25) is 0 Å². The molecule has 1 atom stereocenters. The Hall–Kier alpha value is 0.140. The number of hydrogen-bond donors (Lipinski definition) is 1. The topological polar surface area (TPSA) is 15.3 Å². The van der Waals surface area contributed by atoms with Crippen molar-refractivity contribution in [2.75, 3.05) is 26.2 Å². The van der Waals surface area contributed by atoms with Crippen LogP contribution in [-0.4, -0.2) is 43.3 Å². The molecule has 2 saturated heterocycles. The highest BCUT2D eigenvalue weighted by molar-refractivity contribution is 5.85. The summed E-state index contributed by atoms with van der Waals surface area (Å²) in [6.45, 7) is 4.02. The fourth-order valence-corrected chi connectivity index (χ4v) is 2.46. The second-order valence-corrected chi connectivity index (χ2v) is 4.22. The van der Waals surface area contributed by atoms with Crippen molar-refractivity contribution < 1.29 is 4.39 Å². The lowest BCUT2D eigenvalue weighted by Gasteiger charge is -2.38. The Kier molecular flexibility index (Phi) is 5.13. The van der Waals surface area contributed by atoms with Crippen LogP contribution in [0.5, 0.6) is 0 Å². The van der Waals surface area contributed by atoms with Crippen LogP contribution in [0, 0.1) is 0 Å². The minimum absolute atomic E-state index is 0. The van der Waals surface area contributed by atoms with E-state index in [1.807, 2.05) is 0 Å². The smallest absolute Gasteiger partial charge is 0.113 e. The van der Waals surface area contributed by atoms with Crippen molar-refractivity contribution >= 4 is 12.4 Å². The molecule has 2 rings (SSSR count). The average Bonchev–Trinajstić information content (AvgIpc) is 2.19. The molecule has 0 radical (unpaired) electrons. The van der Waals surface area contributed by atoms with Crippen molar-refractivity contribution in [1.82, 2.24) is 10.2 Å². The predicted molar refractivity (Wildman–Crippen MR) is 58.8 cm³/mol. The molecular formula is C10H20ClFN2. The molecule has 0 amide bonds. The lowest BCUT2D eigenvalue weighted by atomic mass is 10.0. The van der Waals surface area contributed by atoms with Crippen molar-refractivity contribution in [2.45, 2.75) is 37.9 Å². The van der Waals surface area contributed by atoms with Gasteiger partial charge in [-0.15, -0.1) is 12.4 Å². The Morgan fingerprint density at radius 1 is 1.14 bits per heavy atom. The number of halogens is 2. The third-order valence-electron chi connectivity index (χ3n) is 3.22. The molecule has 0 saturated carbocycles. The lowest BCUT2D eigenvalue weighted by molar-refractivity contribution is 0.0834. The first-order valence-corrected chi connectivity index (χ1v) is 5.45. The van der Waals surface area contributed by atoms with Crippen LogP contribution in [-0.2, 0) is 0 Å². The summed E-state index contributed by atoms with van der Waals surface area (Å²) in [6, 6.07) is 0.653. The van der Waals surface area contributed by atoms with E-state index in [9.17, 15) is 4.39 Å². The van der Waals surface area contributed by atoms with Crippen LogP contribution in [0.15, 0.2) is 0 Å². The summed E-state index contributed by atoms with van der Waals surface area (Å²) in [6.07, 6.45) is 3.66. The normalized spacial score (nSPS) is 31.1. The fraction of sp³-hybridized carbons (Fsp3) is 1.00. The van der Waals surface area contributed by atoms with Gasteiger partial charge in [0.1, 0.15) is 6.17 Å². The molecule has 2 aliphatic heterocycles.